The number of benzene rings is 2. The number of rotatable bonds is 7. The lowest BCUT2D eigenvalue weighted by molar-refractivity contribution is -0.0880. The van der Waals surface area contributed by atoms with Gasteiger partial charge in [-0.1, -0.05) is 25.5 Å². The highest BCUT2D eigenvalue weighted by Crippen LogP contribution is 2.34. The van der Waals surface area contributed by atoms with Crippen molar-refractivity contribution in [2.75, 3.05) is 20.3 Å². The summed E-state index contributed by atoms with van der Waals surface area (Å²) in [5.74, 6) is -2.84. The molecule has 1 aliphatic rings. The zero-order chi connectivity index (χ0) is 20.1. The highest BCUT2D eigenvalue weighted by molar-refractivity contribution is 5.66. The number of unbranched alkanes of at least 4 members (excludes halogenated alkanes) is 1. The van der Waals surface area contributed by atoms with Gasteiger partial charge in [0.1, 0.15) is 5.82 Å². The predicted molar refractivity (Wildman–Crippen MR) is 101 cm³/mol. The van der Waals surface area contributed by atoms with Gasteiger partial charge in [-0.05, 0) is 43.0 Å². The number of hydrogen-bond donors (Lipinski definition) is 0. The van der Waals surface area contributed by atoms with E-state index in [1.54, 1.807) is 12.1 Å². The van der Waals surface area contributed by atoms with Crippen LogP contribution in [0.2, 0.25) is 0 Å². The maximum absolute atomic E-state index is 14.7. The van der Waals surface area contributed by atoms with Gasteiger partial charge in [-0.2, -0.15) is 4.39 Å². The molecule has 152 valence electrons. The van der Waals surface area contributed by atoms with E-state index in [2.05, 4.69) is 6.92 Å². The smallest absolute Gasteiger partial charge is 0.201 e. The topological polar surface area (TPSA) is 27.7 Å². The molecule has 0 amide bonds. The Hall–Kier alpha value is -2.05. The van der Waals surface area contributed by atoms with Gasteiger partial charge in [0, 0.05) is 17.7 Å². The van der Waals surface area contributed by atoms with Crippen LogP contribution in [-0.4, -0.2) is 26.4 Å². The summed E-state index contributed by atoms with van der Waals surface area (Å²) in [6, 6.07) is 7.07. The average Bonchev–Trinajstić information content (AvgIpc) is 2.71. The standard InChI is InChI=1S/C22H25F3O3/c1-3-4-11-27-15-6-9-19(28-13-15)17-7-5-14(12-18(17)23)16-8-10-20(26-2)22(25)21(16)24/h5,7-8,10,12,15,19H,3-4,6,9,11,13H2,1-2H3. The van der Waals surface area contributed by atoms with Gasteiger partial charge in [0.05, 0.1) is 25.9 Å². The molecule has 6 heteroatoms. The average molecular weight is 394 g/mol. The number of methoxy groups -OCH3 is 1. The Morgan fingerprint density at radius 2 is 1.89 bits per heavy atom. The molecule has 0 saturated carbocycles. The minimum Gasteiger partial charge on any atom is -0.494 e. The van der Waals surface area contributed by atoms with Crippen molar-refractivity contribution in [1.29, 1.82) is 0 Å². The van der Waals surface area contributed by atoms with Crippen LogP contribution in [0.1, 0.15) is 44.3 Å². The molecule has 3 nitrogen and oxygen atoms in total. The van der Waals surface area contributed by atoms with Crippen molar-refractivity contribution >= 4 is 0 Å². The van der Waals surface area contributed by atoms with Crippen LogP contribution in [0.25, 0.3) is 11.1 Å². The van der Waals surface area contributed by atoms with Gasteiger partial charge in [-0.25, -0.2) is 8.78 Å². The highest BCUT2D eigenvalue weighted by atomic mass is 19.2. The Kier molecular flexibility index (Phi) is 6.97. The first kappa shape index (κ1) is 20.7. The molecular weight excluding hydrogens is 369 g/mol. The lowest BCUT2D eigenvalue weighted by Crippen LogP contribution is -2.28. The van der Waals surface area contributed by atoms with Crippen molar-refractivity contribution in [3.05, 3.63) is 53.3 Å². The Morgan fingerprint density at radius 1 is 1.07 bits per heavy atom. The molecule has 0 bridgehead atoms. The zero-order valence-electron chi connectivity index (χ0n) is 16.1. The molecule has 0 aromatic heterocycles. The first-order chi connectivity index (χ1) is 13.5. The summed E-state index contributed by atoms with van der Waals surface area (Å²) in [6.45, 7) is 3.24. The molecule has 1 fully saturated rings. The lowest BCUT2D eigenvalue weighted by Gasteiger charge is -2.29. The molecular formula is C22H25F3O3. The fraction of sp³-hybridized carbons (Fsp3) is 0.455. The maximum atomic E-state index is 14.7. The molecule has 0 spiro atoms. The van der Waals surface area contributed by atoms with E-state index < -0.39 is 17.5 Å². The molecule has 0 N–H and O–H groups in total. The van der Waals surface area contributed by atoms with E-state index >= 15 is 0 Å². The van der Waals surface area contributed by atoms with Crippen LogP contribution in [-0.2, 0) is 9.47 Å². The van der Waals surface area contributed by atoms with E-state index in [1.807, 2.05) is 0 Å². The van der Waals surface area contributed by atoms with Crippen molar-refractivity contribution < 1.29 is 27.4 Å². The Morgan fingerprint density at radius 3 is 2.54 bits per heavy atom. The van der Waals surface area contributed by atoms with Crippen molar-refractivity contribution in [3.8, 4) is 16.9 Å². The van der Waals surface area contributed by atoms with Crippen LogP contribution in [0.3, 0.4) is 0 Å². The van der Waals surface area contributed by atoms with E-state index in [9.17, 15) is 13.2 Å². The van der Waals surface area contributed by atoms with Gasteiger partial charge >= 0.3 is 0 Å². The summed E-state index contributed by atoms with van der Waals surface area (Å²) in [6.07, 6.45) is 3.22. The molecule has 1 saturated heterocycles. The second kappa shape index (κ2) is 9.43. The summed E-state index contributed by atoms with van der Waals surface area (Å²) >= 11 is 0. The maximum Gasteiger partial charge on any atom is 0.201 e. The molecule has 0 aliphatic carbocycles. The van der Waals surface area contributed by atoms with E-state index in [-0.39, 0.29) is 29.1 Å². The Bertz CT molecular complexity index is 802. The van der Waals surface area contributed by atoms with Gasteiger partial charge < -0.3 is 14.2 Å². The Balaban J connectivity index is 1.71. The van der Waals surface area contributed by atoms with Crippen LogP contribution in [0.5, 0.6) is 5.75 Å². The zero-order valence-corrected chi connectivity index (χ0v) is 16.1. The molecule has 1 aliphatic heterocycles. The van der Waals surface area contributed by atoms with E-state index in [4.69, 9.17) is 14.2 Å². The van der Waals surface area contributed by atoms with E-state index in [0.29, 0.717) is 25.2 Å². The van der Waals surface area contributed by atoms with Crippen LogP contribution in [0.15, 0.2) is 30.3 Å². The monoisotopic (exact) mass is 394 g/mol. The minimum atomic E-state index is -1.09. The lowest BCUT2D eigenvalue weighted by atomic mass is 9.96. The van der Waals surface area contributed by atoms with Crippen molar-refractivity contribution in [2.45, 2.75) is 44.8 Å². The fourth-order valence-electron chi connectivity index (χ4n) is 3.37. The molecule has 2 atom stereocenters. The number of halogens is 3. The second-order valence-electron chi connectivity index (χ2n) is 6.93. The Labute approximate surface area is 163 Å². The van der Waals surface area contributed by atoms with Crippen molar-refractivity contribution in [1.82, 2.24) is 0 Å². The predicted octanol–water partition coefficient (Wildman–Crippen LogP) is 5.82. The second-order valence-corrected chi connectivity index (χ2v) is 6.93. The minimum absolute atomic E-state index is 0.0160. The van der Waals surface area contributed by atoms with Crippen LogP contribution in [0, 0.1) is 17.5 Å². The summed E-state index contributed by atoms with van der Waals surface area (Å²) in [4.78, 5) is 0. The van der Waals surface area contributed by atoms with Crippen molar-refractivity contribution in [3.63, 3.8) is 0 Å². The van der Waals surface area contributed by atoms with Crippen LogP contribution < -0.4 is 4.74 Å². The third-order valence-corrected chi connectivity index (χ3v) is 5.01. The first-order valence-corrected chi connectivity index (χ1v) is 9.60. The van der Waals surface area contributed by atoms with Gasteiger partial charge in [0.2, 0.25) is 5.82 Å². The van der Waals surface area contributed by atoms with E-state index in [0.717, 1.165) is 19.3 Å². The van der Waals surface area contributed by atoms with Gasteiger partial charge in [-0.3, -0.25) is 0 Å². The number of hydrogen-bond acceptors (Lipinski definition) is 3. The molecule has 2 aromatic rings. The molecule has 28 heavy (non-hydrogen) atoms. The number of ether oxygens (including phenoxy) is 3. The summed E-state index contributed by atoms with van der Waals surface area (Å²) < 4.78 is 59.2. The molecule has 3 rings (SSSR count). The summed E-state index contributed by atoms with van der Waals surface area (Å²) in [5, 5.41) is 0. The van der Waals surface area contributed by atoms with Crippen molar-refractivity contribution in [2.24, 2.45) is 0 Å². The summed E-state index contributed by atoms with van der Waals surface area (Å²) in [5.41, 5.74) is 0.666. The van der Waals surface area contributed by atoms with E-state index in [1.165, 1.54) is 25.3 Å². The molecule has 2 unspecified atom stereocenters. The largest absolute Gasteiger partial charge is 0.494 e. The third kappa shape index (κ3) is 4.50. The molecule has 2 aromatic carbocycles. The molecule has 0 radical (unpaired) electrons. The SMILES string of the molecule is CCCCOC1CCC(c2ccc(-c3ccc(OC)c(F)c3F)cc2F)OC1. The van der Waals surface area contributed by atoms with Gasteiger partial charge in [0.15, 0.2) is 11.6 Å². The summed E-state index contributed by atoms with van der Waals surface area (Å²) in [7, 11) is 1.26. The third-order valence-electron chi connectivity index (χ3n) is 5.01. The van der Waals surface area contributed by atoms with Crippen LogP contribution in [0.4, 0.5) is 13.2 Å². The van der Waals surface area contributed by atoms with Gasteiger partial charge in [0.25, 0.3) is 0 Å². The molecule has 1 heterocycles. The quantitative estimate of drug-likeness (QED) is 0.554. The normalized spacial score (nSPS) is 19.6. The fourth-order valence-corrected chi connectivity index (χ4v) is 3.37. The highest BCUT2D eigenvalue weighted by Gasteiger charge is 2.26. The first-order valence-electron chi connectivity index (χ1n) is 9.60. The van der Waals surface area contributed by atoms with Crippen LogP contribution >= 0.6 is 0 Å². The van der Waals surface area contributed by atoms with Gasteiger partial charge in [-0.15, -0.1) is 0 Å².